The number of nitrogens with zero attached hydrogens (tertiary/aromatic N) is 1. The first kappa shape index (κ1) is 23.4. The average molecular weight is 476 g/mol. The summed E-state index contributed by atoms with van der Waals surface area (Å²) in [5.41, 5.74) is 2.52. The van der Waals surface area contributed by atoms with Gasteiger partial charge in [0.05, 0.1) is 6.10 Å². The summed E-state index contributed by atoms with van der Waals surface area (Å²) in [5, 5.41) is 5.92. The zero-order chi connectivity index (χ0) is 23.9. The van der Waals surface area contributed by atoms with Crippen LogP contribution in [0.4, 0.5) is 8.78 Å². The van der Waals surface area contributed by atoms with E-state index in [1.165, 1.54) is 0 Å². The minimum absolute atomic E-state index is 0.0578. The average Bonchev–Trinajstić information content (AvgIpc) is 3.12. The zero-order valence-electron chi connectivity index (χ0n) is 19.2. The molecular formula is C25H31F2N3O4. The molecule has 3 aliphatic heterocycles. The molecule has 0 bridgehead atoms. The van der Waals surface area contributed by atoms with Crippen LogP contribution in [0.15, 0.2) is 18.2 Å². The van der Waals surface area contributed by atoms with Crippen molar-refractivity contribution in [2.24, 2.45) is 0 Å². The highest BCUT2D eigenvalue weighted by molar-refractivity contribution is 6.05. The Hall–Kier alpha value is -2.39. The zero-order valence-corrected chi connectivity index (χ0v) is 19.2. The maximum absolute atomic E-state index is 13.5. The molecule has 1 aromatic carbocycles. The molecule has 4 aliphatic rings. The fourth-order valence-electron chi connectivity index (χ4n) is 5.73. The number of halogens is 2. The van der Waals surface area contributed by atoms with Crippen LogP contribution >= 0.6 is 0 Å². The third kappa shape index (κ3) is 4.86. The molecule has 1 saturated carbocycles. The first-order chi connectivity index (χ1) is 16.3. The summed E-state index contributed by atoms with van der Waals surface area (Å²) in [7, 11) is 0. The molecule has 3 fully saturated rings. The molecule has 0 spiro atoms. The quantitative estimate of drug-likeness (QED) is 0.640. The van der Waals surface area contributed by atoms with Gasteiger partial charge in [0.15, 0.2) is 0 Å². The van der Waals surface area contributed by atoms with E-state index < -0.39 is 17.9 Å². The maximum Gasteiger partial charge on any atom is 0.255 e. The Balaban J connectivity index is 1.24. The van der Waals surface area contributed by atoms with Gasteiger partial charge in [-0.1, -0.05) is 12.1 Å². The Kier molecular flexibility index (Phi) is 6.41. The molecule has 7 nitrogen and oxygen atoms in total. The first-order valence-corrected chi connectivity index (χ1v) is 12.3. The van der Waals surface area contributed by atoms with Crippen LogP contribution < -0.4 is 10.6 Å². The van der Waals surface area contributed by atoms with Gasteiger partial charge in [0.25, 0.3) is 5.91 Å². The van der Waals surface area contributed by atoms with E-state index in [4.69, 9.17) is 4.74 Å². The van der Waals surface area contributed by atoms with Gasteiger partial charge in [-0.25, -0.2) is 8.78 Å². The van der Waals surface area contributed by atoms with E-state index in [9.17, 15) is 23.2 Å². The lowest BCUT2D eigenvalue weighted by Gasteiger charge is -2.37. The highest BCUT2D eigenvalue weighted by Crippen LogP contribution is 2.34. The number of alkyl halides is 2. The predicted octanol–water partition coefficient (Wildman–Crippen LogP) is 2.71. The van der Waals surface area contributed by atoms with Gasteiger partial charge in [0.1, 0.15) is 6.04 Å². The summed E-state index contributed by atoms with van der Waals surface area (Å²) in [6.45, 7) is 1.02. The molecule has 1 unspecified atom stereocenters. The summed E-state index contributed by atoms with van der Waals surface area (Å²) in [6, 6.07) is 5.33. The molecule has 2 saturated heterocycles. The standard InChI is InChI=1S/C25H31F2N3O4/c26-25(27)9-7-17(8-10-25)28-19-2-1-11-34-21(19)13-15-3-4-18-16(12-15)14-30(24(18)33)20-5-6-22(31)29-23(20)32/h3-4,12,17,19-21,28H,1-2,5-11,13-14H2,(H,29,31,32)/t19-,20?,21+/m0/s1. The second-order valence-electron chi connectivity index (χ2n) is 10.1. The molecule has 1 aromatic rings. The Bertz CT molecular complexity index is 975. The molecule has 1 aliphatic carbocycles. The summed E-state index contributed by atoms with van der Waals surface area (Å²) in [5.74, 6) is -3.43. The van der Waals surface area contributed by atoms with Crippen LogP contribution in [0.1, 0.15) is 72.9 Å². The number of imide groups is 1. The van der Waals surface area contributed by atoms with Crippen molar-refractivity contribution in [2.45, 2.75) is 94.5 Å². The van der Waals surface area contributed by atoms with E-state index >= 15 is 0 Å². The third-order valence-corrected chi connectivity index (χ3v) is 7.63. The van der Waals surface area contributed by atoms with Gasteiger partial charge < -0.3 is 15.0 Å². The van der Waals surface area contributed by atoms with Gasteiger partial charge in [-0.15, -0.1) is 0 Å². The van der Waals surface area contributed by atoms with Crippen molar-refractivity contribution >= 4 is 17.7 Å². The largest absolute Gasteiger partial charge is 0.376 e. The van der Waals surface area contributed by atoms with E-state index in [1.54, 1.807) is 4.90 Å². The summed E-state index contributed by atoms with van der Waals surface area (Å²) in [6.07, 6.45) is 3.90. The molecular weight excluding hydrogens is 444 g/mol. The van der Waals surface area contributed by atoms with Crippen LogP contribution in [0.25, 0.3) is 0 Å². The number of ether oxygens (including phenoxy) is 1. The monoisotopic (exact) mass is 475 g/mol. The van der Waals surface area contributed by atoms with Crippen molar-refractivity contribution in [2.75, 3.05) is 6.61 Å². The summed E-state index contributed by atoms with van der Waals surface area (Å²) in [4.78, 5) is 38.2. The normalized spacial score (nSPS) is 29.8. The molecule has 0 radical (unpaired) electrons. The number of amides is 3. The lowest BCUT2D eigenvalue weighted by Crippen LogP contribution is -2.52. The number of rotatable bonds is 5. The molecule has 5 rings (SSSR count). The molecule has 9 heteroatoms. The second kappa shape index (κ2) is 9.34. The van der Waals surface area contributed by atoms with Crippen molar-refractivity contribution in [3.63, 3.8) is 0 Å². The second-order valence-corrected chi connectivity index (χ2v) is 10.1. The number of nitrogens with one attached hydrogen (secondary N) is 2. The lowest BCUT2D eigenvalue weighted by molar-refractivity contribution is -0.136. The number of hydrogen-bond donors (Lipinski definition) is 2. The highest BCUT2D eigenvalue weighted by atomic mass is 19.3. The van der Waals surface area contributed by atoms with Gasteiger partial charge >= 0.3 is 0 Å². The van der Waals surface area contributed by atoms with Gasteiger partial charge in [0.2, 0.25) is 17.7 Å². The fourth-order valence-corrected chi connectivity index (χ4v) is 5.73. The highest BCUT2D eigenvalue weighted by Gasteiger charge is 2.40. The number of piperidine rings is 1. The van der Waals surface area contributed by atoms with Crippen LogP contribution in [-0.4, -0.2) is 59.4 Å². The van der Waals surface area contributed by atoms with Crippen LogP contribution in [0, 0.1) is 0 Å². The minimum atomic E-state index is -2.54. The van der Waals surface area contributed by atoms with Crippen LogP contribution in [0.3, 0.4) is 0 Å². The molecule has 2 N–H and O–H groups in total. The van der Waals surface area contributed by atoms with Crippen molar-refractivity contribution < 1.29 is 27.9 Å². The van der Waals surface area contributed by atoms with Crippen molar-refractivity contribution in [1.29, 1.82) is 0 Å². The molecule has 34 heavy (non-hydrogen) atoms. The van der Waals surface area contributed by atoms with Gasteiger partial charge in [-0.2, -0.15) is 0 Å². The van der Waals surface area contributed by atoms with Gasteiger partial charge in [-0.3, -0.25) is 19.7 Å². The molecule has 3 heterocycles. The molecule has 184 valence electrons. The molecule has 3 amide bonds. The Morgan fingerprint density at radius 2 is 1.91 bits per heavy atom. The summed E-state index contributed by atoms with van der Waals surface area (Å²) >= 11 is 0. The van der Waals surface area contributed by atoms with Crippen LogP contribution in [0.2, 0.25) is 0 Å². The minimum Gasteiger partial charge on any atom is -0.376 e. The topological polar surface area (TPSA) is 87.7 Å². The Labute approximate surface area is 197 Å². The fraction of sp³-hybridized carbons (Fsp3) is 0.640. The first-order valence-electron chi connectivity index (χ1n) is 12.3. The smallest absolute Gasteiger partial charge is 0.255 e. The van der Waals surface area contributed by atoms with Crippen molar-refractivity contribution in [3.05, 3.63) is 34.9 Å². The van der Waals surface area contributed by atoms with E-state index in [0.717, 1.165) is 24.0 Å². The van der Waals surface area contributed by atoms with Crippen LogP contribution in [0.5, 0.6) is 0 Å². The Morgan fingerprint density at radius 1 is 1.12 bits per heavy atom. The van der Waals surface area contributed by atoms with E-state index in [1.807, 2.05) is 18.2 Å². The number of carbonyl (C=O) groups is 3. The number of hydrogen-bond acceptors (Lipinski definition) is 5. The van der Waals surface area contributed by atoms with Crippen molar-refractivity contribution in [1.82, 2.24) is 15.5 Å². The van der Waals surface area contributed by atoms with E-state index in [2.05, 4.69) is 10.6 Å². The van der Waals surface area contributed by atoms with E-state index in [-0.39, 0.29) is 49.3 Å². The lowest BCUT2D eigenvalue weighted by atomic mass is 9.89. The number of benzene rings is 1. The maximum atomic E-state index is 13.5. The van der Waals surface area contributed by atoms with Gasteiger partial charge in [0, 0.05) is 56.5 Å². The van der Waals surface area contributed by atoms with Crippen molar-refractivity contribution in [3.8, 4) is 0 Å². The number of carbonyl (C=O) groups excluding carboxylic acids is 3. The Morgan fingerprint density at radius 3 is 2.68 bits per heavy atom. The van der Waals surface area contributed by atoms with Crippen LogP contribution in [-0.2, 0) is 27.3 Å². The van der Waals surface area contributed by atoms with Gasteiger partial charge in [-0.05, 0) is 49.3 Å². The SMILES string of the molecule is O=C1CCC(N2Cc3cc(C[C@H]4OCCC[C@@H]4NC4CCC(F)(F)CC4)ccc3C2=O)C(=O)N1. The predicted molar refractivity (Wildman–Crippen MR) is 119 cm³/mol. The van der Waals surface area contributed by atoms with E-state index in [0.29, 0.717) is 44.4 Å². The molecule has 0 aromatic heterocycles. The molecule has 3 atom stereocenters. The summed E-state index contributed by atoms with van der Waals surface area (Å²) < 4.78 is 33.1. The third-order valence-electron chi connectivity index (χ3n) is 7.63. The number of fused-ring (bicyclic) bond motifs is 1.